The smallest absolute Gasteiger partial charge is 0.147 e. The summed E-state index contributed by atoms with van der Waals surface area (Å²) < 4.78 is 2.27. The maximum Gasteiger partial charge on any atom is 0.147 e. The quantitative estimate of drug-likeness (QED) is 0.321. The number of aryl methyl sites for hydroxylation is 2. The van der Waals surface area contributed by atoms with E-state index in [2.05, 4.69) is 115 Å². The molecule has 0 radical (unpaired) electrons. The zero-order chi connectivity index (χ0) is 21.4. The van der Waals surface area contributed by atoms with E-state index < -0.39 is 0 Å². The van der Waals surface area contributed by atoms with Crippen molar-refractivity contribution in [1.29, 1.82) is 0 Å². The van der Waals surface area contributed by atoms with Gasteiger partial charge in [0.25, 0.3) is 0 Å². The molecular weight excluding hydrogens is 378 g/mol. The lowest BCUT2D eigenvalue weighted by Crippen LogP contribution is -2.24. The lowest BCUT2D eigenvalue weighted by molar-refractivity contribution is 0.809. The molecule has 0 saturated heterocycles. The van der Waals surface area contributed by atoms with Crippen LogP contribution in [0.25, 0.3) is 27.7 Å². The summed E-state index contributed by atoms with van der Waals surface area (Å²) in [6.07, 6.45) is 2.17. The number of fused-ring (bicyclic) bond motifs is 3. The van der Waals surface area contributed by atoms with Crippen LogP contribution in [-0.2, 0) is 6.54 Å². The van der Waals surface area contributed by atoms with Crippen LogP contribution in [0.1, 0.15) is 23.6 Å². The summed E-state index contributed by atoms with van der Waals surface area (Å²) in [6.45, 7) is 8.25. The van der Waals surface area contributed by atoms with E-state index >= 15 is 0 Å². The van der Waals surface area contributed by atoms with E-state index in [-0.39, 0.29) is 0 Å². The van der Waals surface area contributed by atoms with Crippen LogP contribution in [-0.4, -0.2) is 15.9 Å². The van der Waals surface area contributed by atoms with Crippen molar-refractivity contribution < 1.29 is 0 Å². The number of nitrogens with zero attached hydrogens (tertiary/aromatic N) is 3. The van der Waals surface area contributed by atoms with E-state index in [0.29, 0.717) is 0 Å². The molecular formula is C28H27N3. The van der Waals surface area contributed by atoms with E-state index in [0.717, 1.165) is 30.2 Å². The summed E-state index contributed by atoms with van der Waals surface area (Å²) >= 11 is 0. The zero-order valence-electron chi connectivity index (χ0n) is 18.3. The molecule has 3 heteroatoms. The predicted molar refractivity (Wildman–Crippen MR) is 131 cm³/mol. The van der Waals surface area contributed by atoms with Crippen molar-refractivity contribution in [3.63, 3.8) is 0 Å². The van der Waals surface area contributed by atoms with Crippen LogP contribution < -0.4 is 4.90 Å². The molecule has 0 saturated carbocycles. The summed E-state index contributed by atoms with van der Waals surface area (Å²) in [7, 11) is 0. The van der Waals surface area contributed by atoms with Crippen molar-refractivity contribution in [1.82, 2.24) is 9.38 Å². The molecule has 0 bridgehead atoms. The first-order valence-electron chi connectivity index (χ1n) is 10.9. The van der Waals surface area contributed by atoms with Gasteiger partial charge in [-0.3, -0.25) is 4.40 Å². The van der Waals surface area contributed by atoms with Gasteiger partial charge in [-0.1, -0.05) is 78.4 Å². The minimum atomic E-state index is 0.844. The van der Waals surface area contributed by atoms with Gasteiger partial charge in [-0.05, 0) is 43.4 Å². The van der Waals surface area contributed by atoms with Crippen LogP contribution in [0.2, 0.25) is 0 Å². The number of pyridine rings is 1. The Morgan fingerprint density at radius 1 is 0.839 bits per heavy atom. The Kier molecular flexibility index (Phi) is 4.95. The molecule has 31 heavy (non-hydrogen) atoms. The van der Waals surface area contributed by atoms with Crippen LogP contribution >= 0.6 is 0 Å². The van der Waals surface area contributed by atoms with Crippen molar-refractivity contribution in [3.05, 3.63) is 102 Å². The second kappa shape index (κ2) is 7.92. The van der Waals surface area contributed by atoms with E-state index in [1.807, 2.05) is 0 Å². The number of hydrogen-bond acceptors (Lipinski definition) is 2. The third-order valence-corrected chi connectivity index (χ3v) is 6.07. The van der Waals surface area contributed by atoms with Gasteiger partial charge in [-0.2, -0.15) is 0 Å². The Hall–Kier alpha value is -3.59. The van der Waals surface area contributed by atoms with Crippen molar-refractivity contribution in [3.8, 4) is 11.3 Å². The van der Waals surface area contributed by atoms with Gasteiger partial charge in [-0.15, -0.1) is 0 Å². The van der Waals surface area contributed by atoms with Gasteiger partial charge >= 0.3 is 0 Å². The van der Waals surface area contributed by atoms with Crippen LogP contribution in [0, 0.1) is 13.8 Å². The van der Waals surface area contributed by atoms with Gasteiger partial charge in [-0.25, -0.2) is 4.98 Å². The number of anilines is 1. The molecule has 0 amide bonds. The minimum absolute atomic E-state index is 0.844. The number of hydrogen-bond donors (Lipinski definition) is 0. The van der Waals surface area contributed by atoms with Crippen molar-refractivity contribution in [2.24, 2.45) is 0 Å². The topological polar surface area (TPSA) is 20.5 Å². The molecule has 0 unspecified atom stereocenters. The summed E-state index contributed by atoms with van der Waals surface area (Å²) in [5.41, 5.74) is 7.07. The predicted octanol–water partition coefficient (Wildman–Crippen LogP) is 6.80. The number of imidazole rings is 1. The summed E-state index contributed by atoms with van der Waals surface area (Å²) in [6, 6.07) is 28.1. The average molecular weight is 406 g/mol. The SMILES string of the molecule is CCN(Cc1ccc(C)cc1)c1c(-c2ccccc2C)nc2c3ccccc3ccn12. The number of benzene rings is 3. The zero-order valence-corrected chi connectivity index (χ0v) is 18.3. The second-order valence-corrected chi connectivity index (χ2v) is 8.20. The Labute approximate surface area is 183 Å². The maximum absolute atomic E-state index is 5.22. The molecule has 5 rings (SSSR count). The highest BCUT2D eigenvalue weighted by Crippen LogP contribution is 2.36. The monoisotopic (exact) mass is 405 g/mol. The molecule has 3 nitrogen and oxygen atoms in total. The largest absolute Gasteiger partial charge is 0.352 e. The molecule has 0 aliphatic rings. The first kappa shape index (κ1) is 19.4. The van der Waals surface area contributed by atoms with Crippen LogP contribution in [0.15, 0.2) is 85.1 Å². The van der Waals surface area contributed by atoms with Crippen molar-refractivity contribution >= 4 is 22.2 Å². The molecule has 154 valence electrons. The summed E-state index contributed by atoms with van der Waals surface area (Å²) in [5.74, 6) is 1.15. The highest BCUT2D eigenvalue weighted by Gasteiger charge is 2.21. The normalized spacial score (nSPS) is 11.3. The van der Waals surface area contributed by atoms with Gasteiger partial charge < -0.3 is 4.90 Å². The van der Waals surface area contributed by atoms with E-state index in [1.54, 1.807) is 0 Å². The highest BCUT2D eigenvalue weighted by molar-refractivity contribution is 5.96. The molecule has 2 aromatic heterocycles. The van der Waals surface area contributed by atoms with Gasteiger partial charge in [0, 0.05) is 30.2 Å². The Morgan fingerprint density at radius 2 is 1.58 bits per heavy atom. The lowest BCUT2D eigenvalue weighted by Gasteiger charge is -2.24. The molecule has 2 heterocycles. The molecule has 0 N–H and O–H groups in total. The van der Waals surface area contributed by atoms with Gasteiger partial charge in [0.05, 0.1) is 0 Å². The molecule has 0 aliphatic heterocycles. The lowest BCUT2D eigenvalue weighted by atomic mass is 10.1. The van der Waals surface area contributed by atoms with E-state index in [1.165, 1.54) is 33.0 Å². The summed E-state index contributed by atoms with van der Waals surface area (Å²) in [4.78, 5) is 7.65. The second-order valence-electron chi connectivity index (χ2n) is 8.20. The average Bonchev–Trinajstić information content (AvgIpc) is 3.19. The molecule has 0 aliphatic carbocycles. The number of aromatic nitrogens is 2. The summed E-state index contributed by atoms with van der Waals surface area (Å²) in [5, 5.41) is 2.39. The minimum Gasteiger partial charge on any atom is -0.352 e. The molecule has 0 fully saturated rings. The first-order chi connectivity index (χ1) is 15.2. The maximum atomic E-state index is 5.22. The standard InChI is InChI=1S/C28H27N3/c1-4-30(19-22-15-13-20(2)14-16-22)28-26(24-11-7-5-9-21(24)3)29-27-25-12-8-6-10-23(25)17-18-31(27)28/h5-18H,4,19H2,1-3H3. The molecule has 5 aromatic rings. The molecule has 0 atom stereocenters. The van der Waals surface area contributed by atoms with Crippen LogP contribution in [0.4, 0.5) is 5.82 Å². The van der Waals surface area contributed by atoms with Crippen LogP contribution in [0.3, 0.4) is 0 Å². The molecule has 3 aromatic carbocycles. The van der Waals surface area contributed by atoms with Gasteiger partial charge in [0.15, 0.2) is 0 Å². The van der Waals surface area contributed by atoms with Crippen LogP contribution in [0.5, 0.6) is 0 Å². The Morgan fingerprint density at radius 3 is 2.35 bits per heavy atom. The van der Waals surface area contributed by atoms with Crippen molar-refractivity contribution in [2.75, 3.05) is 11.4 Å². The van der Waals surface area contributed by atoms with E-state index in [4.69, 9.17) is 4.98 Å². The fourth-order valence-electron chi connectivity index (χ4n) is 4.33. The fraction of sp³-hybridized carbons (Fsp3) is 0.179. The fourth-order valence-corrected chi connectivity index (χ4v) is 4.33. The Bertz CT molecular complexity index is 1360. The Balaban J connectivity index is 1.76. The highest BCUT2D eigenvalue weighted by atomic mass is 15.2. The van der Waals surface area contributed by atoms with E-state index in [9.17, 15) is 0 Å². The van der Waals surface area contributed by atoms with Crippen molar-refractivity contribution in [2.45, 2.75) is 27.3 Å². The first-order valence-corrected chi connectivity index (χ1v) is 10.9. The third kappa shape index (κ3) is 3.46. The van der Waals surface area contributed by atoms with Gasteiger partial charge in [0.1, 0.15) is 17.2 Å². The number of rotatable bonds is 5. The third-order valence-electron chi connectivity index (χ3n) is 6.07. The molecule has 0 spiro atoms. The van der Waals surface area contributed by atoms with Gasteiger partial charge in [0.2, 0.25) is 0 Å².